The highest BCUT2D eigenvalue weighted by molar-refractivity contribution is 9.10. The molecule has 0 fully saturated rings. The zero-order valence-electron chi connectivity index (χ0n) is 10.3. The van der Waals surface area contributed by atoms with Crippen LogP contribution in [0, 0.1) is 0 Å². The number of nitrogens with one attached hydrogen (secondary N) is 1. The molecule has 2 rings (SSSR count). The molecule has 3 nitrogen and oxygen atoms in total. The van der Waals surface area contributed by atoms with Crippen molar-refractivity contribution in [2.24, 2.45) is 0 Å². The first-order valence-electron chi connectivity index (χ1n) is 5.84. The molecule has 1 aromatic carbocycles. The molecule has 0 aliphatic heterocycles. The van der Waals surface area contributed by atoms with Gasteiger partial charge >= 0.3 is 0 Å². The minimum absolute atomic E-state index is 0.555. The quantitative estimate of drug-likeness (QED) is 0.757. The largest absolute Gasteiger partial charge is 0.339 e. The number of aryl methyl sites for hydroxylation is 1. The van der Waals surface area contributed by atoms with Crippen molar-refractivity contribution in [2.45, 2.75) is 19.8 Å². The molecule has 0 unspecified atom stereocenters. The second-order valence-electron chi connectivity index (χ2n) is 3.99. The smallest absolute Gasteiger partial charge is 0.135 e. The van der Waals surface area contributed by atoms with Crippen molar-refractivity contribution in [1.29, 1.82) is 0 Å². The second-order valence-corrected chi connectivity index (χ2v) is 5.65. The van der Waals surface area contributed by atoms with E-state index in [1.165, 1.54) is 0 Å². The maximum atomic E-state index is 6.12. The first-order chi connectivity index (χ1) is 9.08. The molecule has 0 atom stereocenters. The predicted molar refractivity (Wildman–Crippen MR) is 83.5 cm³/mol. The van der Waals surface area contributed by atoms with Gasteiger partial charge in [-0.15, -0.1) is 0 Å². The first-order valence-corrected chi connectivity index (χ1v) is 7.39. The third kappa shape index (κ3) is 4.06. The summed E-state index contributed by atoms with van der Waals surface area (Å²) in [7, 11) is 0. The minimum atomic E-state index is 0.555. The predicted octanol–water partition coefficient (Wildman–Crippen LogP) is 5.24. The Hall–Kier alpha value is -0.840. The first kappa shape index (κ1) is 14.6. The van der Waals surface area contributed by atoms with Crippen molar-refractivity contribution < 1.29 is 0 Å². The van der Waals surface area contributed by atoms with Crippen LogP contribution < -0.4 is 5.32 Å². The molecule has 0 radical (unpaired) electrons. The van der Waals surface area contributed by atoms with Crippen molar-refractivity contribution >= 4 is 50.6 Å². The van der Waals surface area contributed by atoms with E-state index in [9.17, 15) is 0 Å². The van der Waals surface area contributed by atoms with Crippen LogP contribution in [0.1, 0.15) is 19.2 Å². The zero-order valence-corrected chi connectivity index (χ0v) is 13.3. The SMILES string of the molecule is CCCc1nc(Br)cc(Nc2ccc(Cl)cc2Cl)n1. The van der Waals surface area contributed by atoms with Gasteiger partial charge in [0.15, 0.2) is 0 Å². The lowest BCUT2D eigenvalue weighted by atomic mass is 10.3. The van der Waals surface area contributed by atoms with E-state index in [1.54, 1.807) is 12.1 Å². The third-order valence-electron chi connectivity index (χ3n) is 2.41. The van der Waals surface area contributed by atoms with Gasteiger partial charge in [-0.05, 0) is 40.5 Å². The molecule has 6 heteroatoms. The molecular formula is C13H12BrCl2N3. The van der Waals surface area contributed by atoms with Gasteiger partial charge in [0.05, 0.1) is 10.7 Å². The fraction of sp³-hybridized carbons (Fsp3) is 0.231. The molecule has 0 saturated heterocycles. The maximum absolute atomic E-state index is 6.12. The Morgan fingerprint density at radius 3 is 2.68 bits per heavy atom. The molecule has 100 valence electrons. The van der Waals surface area contributed by atoms with Gasteiger partial charge in [0, 0.05) is 17.5 Å². The van der Waals surface area contributed by atoms with E-state index < -0.39 is 0 Å². The highest BCUT2D eigenvalue weighted by Crippen LogP contribution is 2.28. The van der Waals surface area contributed by atoms with Gasteiger partial charge in [-0.25, -0.2) is 9.97 Å². The number of hydrogen-bond donors (Lipinski definition) is 1. The lowest BCUT2D eigenvalue weighted by Crippen LogP contribution is -2.00. The van der Waals surface area contributed by atoms with Crippen LogP contribution in [0.25, 0.3) is 0 Å². The Kier molecular flexibility index (Phi) is 5.02. The molecule has 0 amide bonds. The molecule has 0 bridgehead atoms. The lowest BCUT2D eigenvalue weighted by Gasteiger charge is -2.09. The molecule has 0 aliphatic carbocycles. The Morgan fingerprint density at radius 2 is 2.00 bits per heavy atom. The molecule has 19 heavy (non-hydrogen) atoms. The number of hydrogen-bond acceptors (Lipinski definition) is 3. The second kappa shape index (κ2) is 6.55. The summed E-state index contributed by atoms with van der Waals surface area (Å²) in [5, 5.41) is 4.33. The van der Waals surface area contributed by atoms with E-state index >= 15 is 0 Å². The standard InChI is InChI=1S/C13H12BrCl2N3/c1-2-3-12-18-11(14)7-13(19-12)17-10-5-4-8(15)6-9(10)16/h4-7H,2-3H2,1H3,(H,17,18,19). The van der Waals surface area contributed by atoms with Crippen LogP contribution in [-0.4, -0.2) is 9.97 Å². The van der Waals surface area contributed by atoms with Gasteiger partial charge in [0.25, 0.3) is 0 Å². The average Bonchev–Trinajstić information content (AvgIpc) is 2.32. The summed E-state index contributed by atoms with van der Waals surface area (Å²) in [4.78, 5) is 8.75. The maximum Gasteiger partial charge on any atom is 0.135 e. The van der Waals surface area contributed by atoms with Crippen LogP contribution in [0.4, 0.5) is 11.5 Å². The Morgan fingerprint density at radius 1 is 1.21 bits per heavy atom. The van der Waals surface area contributed by atoms with Crippen LogP contribution in [-0.2, 0) is 6.42 Å². The normalized spacial score (nSPS) is 10.5. The van der Waals surface area contributed by atoms with Gasteiger partial charge in [0.2, 0.25) is 0 Å². The summed E-state index contributed by atoms with van der Waals surface area (Å²) in [6, 6.07) is 7.10. The molecule has 2 aromatic rings. The van der Waals surface area contributed by atoms with E-state index in [-0.39, 0.29) is 0 Å². The number of halogens is 3. The van der Waals surface area contributed by atoms with Crippen LogP contribution in [0.2, 0.25) is 10.0 Å². The van der Waals surface area contributed by atoms with Crippen LogP contribution >= 0.6 is 39.1 Å². The van der Waals surface area contributed by atoms with Gasteiger partial charge in [0.1, 0.15) is 16.2 Å². The van der Waals surface area contributed by atoms with E-state index in [2.05, 4.69) is 38.1 Å². The van der Waals surface area contributed by atoms with Gasteiger partial charge in [-0.2, -0.15) is 0 Å². The molecule has 0 spiro atoms. The van der Waals surface area contributed by atoms with E-state index in [0.717, 1.165) is 29.0 Å². The minimum Gasteiger partial charge on any atom is -0.339 e. The van der Waals surface area contributed by atoms with Crippen molar-refractivity contribution in [3.05, 3.63) is 44.7 Å². The fourth-order valence-electron chi connectivity index (χ4n) is 1.59. The number of aromatic nitrogens is 2. The monoisotopic (exact) mass is 359 g/mol. The zero-order chi connectivity index (χ0) is 13.8. The highest BCUT2D eigenvalue weighted by atomic mass is 79.9. The van der Waals surface area contributed by atoms with Gasteiger partial charge in [-0.1, -0.05) is 30.1 Å². The van der Waals surface area contributed by atoms with Gasteiger partial charge in [-0.3, -0.25) is 0 Å². The lowest BCUT2D eigenvalue weighted by molar-refractivity contribution is 0.831. The van der Waals surface area contributed by atoms with E-state index in [0.29, 0.717) is 15.9 Å². The molecule has 0 saturated carbocycles. The molecule has 1 heterocycles. The number of rotatable bonds is 4. The fourth-order valence-corrected chi connectivity index (χ4v) is 2.47. The average molecular weight is 361 g/mol. The van der Waals surface area contributed by atoms with Crippen molar-refractivity contribution in [1.82, 2.24) is 9.97 Å². The summed E-state index contributed by atoms with van der Waals surface area (Å²) < 4.78 is 0.749. The molecule has 1 aromatic heterocycles. The summed E-state index contributed by atoms with van der Waals surface area (Å²) in [6.45, 7) is 2.09. The number of nitrogens with zero attached hydrogens (tertiary/aromatic N) is 2. The summed E-state index contributed by atoms with van der Waals surface area (Å²) in [5.41, 5.74) is 0.763. The van der Waals surface area contributed by atoms with E-state index in [4.69, 9.17) is 23.2 Å². The van der Waals surface area contributed by atoms with E-state index in [1.807, 2.05) is 12.1 Å². The summed E-state index contributed by atoms with van der Waals surface area (Å²) in [6.07, 6.45) is 1.83. The third-order valence-corrected chi connectivity index (χ3v) is 3.36. The van der Waals surface area contributed by atoms with Gasteiger partial charge < -0.3 is 5.32 Å². The van der Waals surface area contributed by atoms with Crippen LogP contribution in [0.15, 0.2) is 28.9 Å². The van der Waals surface area contributed by atoms with Crippen LogP contribution in [0.5, 0.6) is 0 Å². The summed E-state index contributed by atoms with van der Waals surface area (Å²) >= 11 is 15.4. The summed E-state index contributed by atoms with van der Waals surface area (Å²) in [5.74, 6) is 1.50. The molecule has 0 aliphatic rings. The van der Waals surface area contributed by atoms with Crippen LogP contribution in [0.3, 0.4) is 0 Å². The molecular weight excluding hydrogens is 349 g/mol. The molecule has 1 N–H and O–H groups in total. The van der Waals surface area contributed by atoms with Crippen molar-refractivity contribution in [3.63, 3.8) is 0 Å². The van der Waals surface area contributed by atoms with Crippen molar-refractivity contribution in [2.75, 3.05) is 5.32 Å². The van der Waals surface area contributed by atoms with Crippen molar-refractivity contribution in [3.8, 4) is 0 Å². The highest BCUT2D eigenvalue weighted by Gasteiger charge is 2.06. The Bertz CT molecular complexity index is 590. The number of anilines is 2. The number of benzene rings is 1. The topological polar surface area (TPSA) is 37.8 Å². The Labute approximate surface area is 130 Å². The Balaban J connectivity index is 2.27.